The minimum Gasteiger partial charge on any atom is -0.493 e. The highest BCUT2D eigenvalue weighted by Crippen LogP contribution is 2.46. The molecule has 0 spiro atoms. The number of aromatic nitrogens is 2. The monoisotopic (exact) mass is 506 g/mol. The average molecular weight is 507 g/mol. The van der Waals surface area contributed by atoms with Gasteiger partial charge in [0.15, 0.2) is 11.5 Å². The normalized spacial score (nSPS) is 11.5. The Morgan fingerprint density at radius 2 is 1.29 bits per heavy atom. The SMILES string of the molecule is COc1cc(-c2nc3ccccc3n2C(C)(C)C)c(C)c(OCc2ccccc2)c1OCc1ccccc1. The van der Waals surface area contributed by atoms with Crippen LogP contribution < -0.4 is 14.2 Å². The smallest absolute Gasteiger partial charge is 0.204 e. The zero-order valence-corrected chi connectivity index (χ0v) is 22.7. The maximum atomic E-state index is 6.50. The number of ether oxygens (including phenoxy) is 3. The Morgan fingerprint density at radius 1 is 0.737 bits per heavy atom. The van der Waals surface area contributed by atoms with Crippen LogP contribution in [0.2, 0.25) is 0 Å². The lowest BCUT2D eigenvalue weighted by Crippen LogP contribution is -2.22. The first-order valence-electron chi connectivity index (χ1n) is 12.9. The molecule has 0 saturated heterocycles. The second kappa shape index (κ2) is 10.6. The maximum Gasteiger partial charge on any atom is 0.204 e. The molecule has 0 aliphatic heterocycles. The number of nitrogens with zero attached hydrogens (tertiary/aromatic N) is 2. The second-order valence-electron chi connectivity index (χ2n) is 10.4. The molecule has 1 aromatic heterocycles. The number of hydrogen-bond acceptors (Lipinski definition) is 4. The van der Waals surface area contributed by atoms with Crippen LogP contribution in [0.25, 0.3) is 22.4 Å². The summed E-state index contributed by atoms with van der Waals surface area (Å²) in [5.41, 5.74) is 5.88. The Bertz CT molecular complexity index is 1530. The van der Waals surface area contributed by atoms with Gasteiger partial charge in [-0.15, -0.1) is 0 Å². The van der Waals surface area contributed by atoms with E-state index in [0.717, 1.165) is 39.1 Å². The molecule has 5 aromatic rings. The van der Waals surface area contributed by atoms with E-state index in [2.05, 4.69) is 62.6 Å². The molecule has 194 valence electrons. The lowest BCUT2D eigenvalue weighted by molar-refractivity contribution is 0.243. The molecule has 5 nitrogen and oxygen atoms in total. The van der Waals surface area contributed by atoms with Crippen LogP contribution in [0.5, 0.6) is 17.2 Å². The van der Waals surface area contributed by atoms with Gasteiger partial charge in [0.1, 0.15) is 19.0 Å². The Kier molecular flexibility index (Phi) is 7.10. The van der Waals surface area contributed by atoms with Crippen molar-refractivity contribution in [3.05, 3.63) is 108 Å². The van der Waals surface area contributed by atoms with E-state index in [9.17, 15) is 0 Å². The molecule has 0 aliphatic rings. The number of hydrogen-bond donors (Lipinski definition) is 0. The molecule has 0 aliphatic carbocycles. The molecule has 0 fully saturated rings. The van der Waals surface area contributed by atoms with E-state index >= 15 is 0 Å². The first kappa shape index (κ1) is 25.4. The summed E-state index contributed by atoms with van der Waals surface area (Å²) in [7, 11) is 1.66. The van der Waals surface area contributed by atoms with Crippen molar-refractivity contribution >= 4 is 11.0 Å². The number of fused-ring (bicyclic) bond motifs is 1. The van der Waals surface area contributed by atoms with Crippen molar-refractivity contribution in [2.24, 2.45) is 0 Å². The number of imidazole rings is 1. The predicted octanol–water partition coefficient (Wildman–Crippen LogP) is 7.93. The summed E-state index contributed by atoms with van der Waals surface area (Å²) in [5.74, 6) is 2.73. The zero-order valence-electron chi connectivity index (χ0n) is 22.7. The van der Waals surface area contributed by atoms with Crippen molar-refractivity contribution in [2.75, 3.05) is 7.11 Å². The molecule has 0 unspecified atom stereocenters. The van der Waals surface area contributed by atoms with Crippen molar-refractivity contribution in [3.8, 4) is 28.6 Å². The van der Waals surface area contributed by atoms with Gasteiger partial charge in [-0.3, -0.25) is 0 Å². The topological polar surface area (TPSA) is 45.5 Å². The Labute approximate surface area is 224 Å². The molecule has 5 heteroatoms. The fourth-order valence-electron chi connectivity index (χ4n) is 4.75. The van der Waals surface area contributed by atoms with Crippen molar-refractivity contribution in [3.63, 3.8) is 0 Å². The van der Waals surface area contributed by atoms with Crippen LogP contribution in [0.4, 0.5) is 0 Å². The van der Waals surface area contributed by atoms with E-state index in [1.165, 1.54) is 0 Å². The first-order valence-corrected chi connectivity index (χ1v) is 12.9. The largest absolute Gasteiger partial charge is 0.493 e. The van der Waals surface area contributed by atoms with Crippen molar-refractivity contribution in [1.82, 2.24) is 9.55 Å². The van der Waals surface area contributed by atoms with Gasteiger partial charge in [0, 0.05) is 16.7 Å². The summed E-state index contributed by atoms with van der Waals surface area (Å²) in [4.78, 5) is 5.08. The fraction of sp³-hybridized carbons (Fsp3) is 0.242. The highest BCUT2D eigenvalue weighted by atomic mass is 16.5. The second-order valence-corrected chi connectivity index (χ2v) is 10.4. The molecule has 38 heavy (non-hydrogen) atoms. The molecule has 0 N–H and O–H groups in total. The quantitative estimate of drug-likeness (QED) is 0.214. The van der Waals surface area contributed by atoms with Gasteiger partial charge < -0.3 is 18.8 Å². The number of benzene rings is 4. The number of para-hydroxylation sites is 2. The van der Waals surface area contributed by atoms with Gasteiger partial charge in [-0.05, 0) is 57.0 Å². The third-order valence-corrected chi connectivity index (χ3v) is 6.59. The minimum absolute atomic E-state index is 0.196. The van der Waals surface area contributed by atoms with Crippen LogP contribution >= 0.6 is 0 Å². The van der Waals surface area contributed by atoms with Gasteiger partial charge in [0.2, 0.25) is 5.75 Å². The van der Waals surface area contributed by atoms with E-state index in [1.807, 2.05) is 60.7 Å². The van der Waals surface area contributed by atoms with Crippen molar-refractivity contribution < 1.29 is 14.2 Å². The number of rotatable bonds is 8. The first-order chi connectivity index (χ1) is 18.4. The lowest BCUT2D eigenvalue weighted by atomic mass is 10.0. The summed E-state index contributed by atoms with van der Waals surface area (Å²) in [5, 5.41) is 0. The minimum atomic E-state index is -0.196. The van der Waals surface area contributed by atoms with Crippen LogP contribution in [0.3, 0.4) is 0 Å². The van der Waals surface area contributed by atoms with Gasteiger partial charge in [0.05, 0.1) is 18.1 Å². The summed E-state index contributed by atoms with van der Waals surface area (Å²) in [6.07, 6.45) is 0. The van der Waals surface area contributed by atoms with Gasteiger partial charge >= 0.3 is 0 Å². The standard InChI is InChI=1S/C33H34N2O3/c1-23-26(32-34-27-18-12-13-19-28(27)35(32)33(2,3)4)20-29(36-5)31(38-22-25-16-10-7-11-17-25)30(23)37-21-24-14-8-6-9-15-24/h6-20H,21-22H2,1-5H3. The molecular formula is C33H34N2O3. The third kappa shape index (κ3) is 5.10. The van der Waals surface area contributed by atoms with Gasteiger partial charge in [-0.25, -0.2) is 4.98 Å². The van der Waals surface area contributed by atoms with Crippen LogP contribution in [0.15, 0.2) is 91.0 Å². The zero-order chi connectivity index (χ0) is 26.7. The Hall–Kier alpha value is -4.25. The van der Waals surface area contributed by atoms with E-state index in [-0.39, 0.29) is 5.54 Å². The molecule has 0 radical (unpaired) electrons. The molecule has 0 saturated carbocycles. The van der Waals surface area contributed by atoms with Crippen LogP contribution in [0.1, 0.15) is 37.5 Å². The molecule has 4 aromatic carbocycles. The molecule has 5 rings (SSSR count). The fourth-order valence-corrected chi connectivity index (χ4v) is 4.75. The maximum absolute atomic E-state index is 6.50. The highest BCUT2D eigenvalue weighted by Gasteiger charge is 2.27. The molecule has 0 atom stereocenters. The van der Waals surface area contributed by atoms with Gasteiger partial charge in [0.25, 0.3) is 0 Å². The van der Waals surface area contributed by atoms with E-state index < -0.39 is 0 Å². The molecular weight excluding hydrogens is 472 g/mol. The highest BCUT2D eigenvalue weighted by molar-refractivity contribution is 5.83. The number of methoxy groups -OCH3 is 1. The molecule has 0 bridgehead atoms. The Balaban J connectivity index is 1.67. The summed E-state index contributed by atoms with van der Waals surface area (Å²) in [6.45, 7) is 9.46. The van der Waals surface area contributed by atoms with E-state index in [1.54, 1.807) is 7.11 Å². The van der Waals surface area contributed by atoms with E-state index in [4.69, 9.17) is 19.2 Å². The average Bonchev–Trinajstić information content (AvgIpc) is 3.32. The lowest BCUT2D eigenvalue weighted by Gasteiger charge is -2.26. The summed E-state index contributed by atoms with van der Waals surface area (Å²) >= 11 is 0. The third-order valence-electron chi connectivity index (χ3n) is 6.59. The van der Waals surface area contributed by atoms with Crippen LogP contribution in [-0.4, -0.2) is 16.7 Å². The van der Waals surface area contributed by atoms with Gasteiger partial charge in [-0.1, -0.05) is 72.8 Å². The van der Waals surface area contributed by atoms with Crippen molar-refractivity contribution in [1.29, 1.82) is 0 Å². The summed E-state index contributed by atoms with van der Waals surface area (Å²) in [6, 6.07) is 30.5. The van der Waals surface area contributed by atoms with Gasteiger partial charge in [-0.2, -0.15) is 0 Å². The van der Waals surface area contributed by atoms with Crippen molar-refractivity contribution in [2.45, 2.75) is 46.4 Å². The summed E-state index contributed by atoms with van der Waals surface area (Å²) < 4.78 is 21.1. The predicted molar refractivity (Wildman–Crippen MR) is 153 cm³/mol. The van der Waals surface area contributed by atoms with E-state index in [0.29, 0.717) is 30.5 Å². The molecule has 0 amide bonds. The van der Waals surface area contributed by atoms with Crippen LogP contribution in [-0.2, 0) is 18.8 Å². The Morgan fingerprint density at radius 3 is 1.87 bits per heavy atom. The van der Waals surface area contributed by atoms with Crippen LogP contribution in [0, 0.1) is 6.92 Å². The molecule has 1 heterocycles.